The van der Waals surface area contributed by atoms with E-state index in [9.17, 15) is 4.79 Å². The molecule has 0 aliphatic carbocycles. The predicted molar refractivity (Wildman–Crippen MR) is 72.6 cm³/mol. The number of hydrogen-bond donors (Lipinski definition) is 3. The fraction of sp³-hybridized carbons (Fsp3) is 0.357. The van der Waals surface area contributed by atoms with Crippen molar-refractivity contribution in [3.8, 4) is 0 Å². The monoisotopic (exact) mass is 259 g/mol. The minimum absolute atomic E-state index is 0.0125. The van der Waals surface area contributed by atoms with E-state index in [1.807, 2.05) is 19.2 Å². The number of nitrogens with zero attached hydrogens (tertiary/aromatic N) is 1. The molecule has 0 spiro atoms. The van der Waals surface area contributed by atoms with Crippen LogP contribution in [0.1, 0.15) is 24.4 Å². The van der Waals surface area contributed by atoms with Crippen LogP contribution in [0.2, 0.25) is 0 Å². The number of aromatic nitrogens is 1. The average Bonchev–Trinajstić information content (AvgIpc) is 2.95. The normalized spacial score (nSPS) is 23.0. The predicted octanol–water partition coefficient (Wildman–Crippen LogP) is 1.56. The highest BCUT2D eigenvalue weighted by Crippen LogP contribution is 2.30. The summed E-state index contributed by atoms with van der Waals surface area (Å²) < 4.78 is 2.11. The topological polar surface area (TPSA) is 66.3 Å². The van der Waals surface area contributed by atoms with E-state index in [-0.39, 0.29) is 18.5 Å². The van der Waals surface area contributed by atoms with Crippen LogP contribution < -0.4 is 10.9 Å². The first-order chi connectivity index (χ1) is 9.15. The number of aryl methyl sites for hydroxylation is 1. The summed E-state index contributed by atoms with van der Waals surface area (Å²) in [5.41, 5.74) is 8.69. The molecule has 0 radical (unpaired) electrons. The third kappa shape index (κ3) is 2.22. The number of fused-ring (bicyclic) bond motifs is 1. The number of nitrogens with one attached hydrogen (secondary N) is 2. The summed E-state index contributed by atoms with van der Waals surface area (Å²) in [6, 6.07) is 8.41. The highest BCUT2D eigenvalue weighted by molar-refractivity contribution is 5.84. The molecule has 1 aromatic carbocycles. The lowest BCUT2D eigenvalue weighted by atomic mass is 10.0. The Morgan fingerprint density at radius 3 is 3.00 bits per heavy atom. The summed E-state index contributed by atoms with van der Waals surface area (Å²) in [6.07, 6.45) is 3.06. The average molecular weight is 259 g/mol. The summed E-state index contributed by atoms with van der Waals surface area (Å²) in [5, 5.41) is 10.1. The molecule has 1 aliphatic heterocycles. The van der Waals surface area contributed by atoms with Crippen LogP contribution in [0.3, 0.4) is 0 Å². The van der Waals surface area contributed by atoms with Gasteiger partial charge in [-0.15, -0.1) is 0 Å². The Morgan fingerprint density at radius 2 is 2.21 bits per heavy atom. The van der Waals surface area contributed by atoms with Crippen LogP contribution in [0.25, 0.3) is 10.9 Å². The second-order valence-electron chi connectivity index (χ2n) is 5.08. The van der Waals surface area contributed by atoms with E-state index in [1.54, 1.807) is 0 Å². The van der Waals surface area contributed by atoms with Gasteiger partial charge in [0.2, 0.25) is 0 Å². The number of rotatable bonds is 3. The van der Waals surface area contributed by atoms with Crippen molar-refractivity contribution in [3.63, 3.8) is 0 Å². The molecule has 0 amide bonds. The van der Waals surface area contributed by atoms with Crippen molar-refractivity contribution in [2.24, 2.45) is 7.05 Å². The van der Waals surface area contributed by atoms with Crippen molar-refractivity contribution in [1.29, 1.82) is 0 Å². The van der Waals surface area contributed by atoms with E-state index in [0.29, 0.717) is 0 Å². The number of aliphatic carboxylic acids is 1. The quantitative estimate of drug-likeness (QED) is 0.782. The van der Waals surface area contributed by atoms with E-state index in [1.165, 1.54) is 16.5 Å². The van der Waals surface area contributed by atoms with Gasteiger partial charge in [-0.3, -0.25) is 10.2 Å². The molecule has 3 rings (SSSR count). The lowest BCUT2D eigenvalue weighted by Gasteiger charge is -2.07. The molecule has 3 N–H and O–H groups in total. The molecule has 5 heteroatoms. The first-order valence-electron chi connectivity index (χ1n) is 6.42. The Bertz CT molecular complexity index is 620. The molecule has 1 aliphatic rings. The van der Waals surface area contributed by atoms with Crippen molar-refractivity contribution >= 4 is 16.9 Å². The van der Waals surface area contributed by atoms with E-state index < -0.39 is 5.97 Å². The van der Waals surface area contributed by atoms with Crippen LogP contribution in [-0.2, 0) is 11.8 Å². The molecule has 1 fully saturated rings. The summed E-state index contributed by atoms with van der Waals surface area (Å²) in [7, 11) is 2.03. The second-order valence-corrected chi connectivity index (χ2v) is 5.08. The Kier molecular flexibility index (Phi) is 3.00. The van der Waals surface area contributed by atoms with Crippen molar-refractivity contribution in [2.45, 2.75) is 24.9 Å². The van der Waals surface area contributed by atoms with Crippen molar-refractivity contribution in [3.05, 3.63) is 36.0 Å². The molecule has 5 nitrogen and oxygen atoms in total. The number of benzene rings is 1. The van der Waals surface area contributed by atoms with Crippen LogP contribution in [0.5, 0.6) is 0 Å². The molecule has 1 saturated heterocycles. The van der Waals surface area contributed by atoms with Crippen LogP contribution in [0.4, 0.5) is 0 Å². The zero-order valence-electron chi connectivity index (χ0n) is 10.8. The Labute approximate surface area is 111 Å². The van der Waals surface area contributed by atoms with Crippen LogP contribution in [0, 0.1) is 0 Å². The lowest BCUT2D eigenvalue weighted by Crippen LogP contribution is -2.32. The molecular formula is C14H17N3O2. The SMILES string of the molecule is Cn1cc(C2CC(CC(=O)O)NN2)c2ccccc21. The van der Waals surface area contributed by atoms with E-state index >= 15 is 0 Å². The molecule has 0 saturated carbocycles. The lowest BCUT2D eigenvalue weighted by molar-refractivity contribution is -0.137. The maximum absolute atomic E-state index is 10.7. The van der Waals surface area contributed by atoms with Gasteiger partial charge < -0.3 is 9.67 Å². The number of carbonyl (C=O) groups is 1. The maximum atomic E-state index is 10.7. The third-order valence-corrected chi connectivity index (χ3v) is 3.71. The number of carboxylic acids is 1. The van der Waals surface area contributed by atoms with Gasteiger partial charge in [0, 0.05) is 36.2 Å². The van der Waals surface area contributed by atoms with Gasteiger partial charge in [-0.1, -0.05) is 18.2 Å². The summed E-state index contributed by atoms with van der Waals surface area (Å²) in [5.74, 6) is -0.766. The van der Waals surface area contributed by atoms with E-state index in [4.69, 9.17) is 5.11 Å². The van der Waals surface area contributed by atoms with Gasteiger partial charge >= 0.3 is 5.97 Å². The standard InChI is InChI=1S/C14H17N3O2/c1-17-8-11(10-4-2-3-5-13(10)17)12-6-9(15-16-12)7-14(18)19/h2-5,8-9,12,15-16H,6-7H2,1H3,(H,18,19). The molecular weight excluding hydrogens is 242 g/mol. The van der Waals surface area contributed by atoms with Gasteiger partial charge in [0.1, 0.15) is 0 Å². The summed E-state index contributed by atoms with van der Waals surface area (Å²) in [4.78, 5) is 10.7. The molecule has 2 unspecified atom stereocenters. The fourth-order valence-corrected chi connectivity index (χ4v) is 2.82. The highest BCUT2D eigenvalue weighted by Gasteiger charge is 2.28. The molecule has 2 heterocycles. The zero-order chi connectivity index (χ0) is 13.4. The van der Waals surface area contributed by atoms with Gasteiger partial charge in [-0.05, 0) is 18.1 Å². The van der Waals surface area contributed by atoms with Gasteiger partial charge in [0.05, 0.1) is 6.42 Å². The Hall–Kier alpha value is -1.85. The zero-order valence-corrected chi connectivity index (χ0v) is 10.8. The molecule has 0 bridgehead atoms. The molecule has 19 heavy (non-hydrogen) atoms. The van der Waals surface area contributed by atoms with Gasteiger partial charge in [0.25, 0.3) is 0 Å². The van der Waals surface area contributed by atoms with Gasteiger partial charge in [-0.25, -0.2) is 5.43 Å². The number of hydrazine groups is 1. The number of carboxylic acid groups (broad SMARTS) is 1. The molecule has 100 valence electrons. The van der Waals surface area contributed by atoms with Gasteiger partial charge in [0.15, 0.2) is 0 Å². The fourth-order valence-electron chi connectivity index (χ4n) is 2.82. The maximum Gasteiger partial charge on any atom is 0.304 e. The molecule has 2 aromatic rings. The Balaban J connectivity index is 1.88. The Morgan fingerprint density at radius 1 is 1.42 bits per heavy atom. The van der Waals surface area contributed by atoms with Crippen molar-refractivity contribution < 1.29 is 9.90 Å². The largest absolute Gasteiger partial charge is 0.481 e. The van der Waals surface area contributed by atoms with E-state index in [0.717, 1.165) is 6.42 Å². The van der Waals surface area contributed by atoms with Crippen LogP contribution >= 0.6 is 0 Å². The van der Waals surface area contributed by atoms with E-state index in [2.05, 4.69) is 33.7 Å². The molecule has 1 aromatic heterocycles. The van der Waals surface area contributed by atoms with Gasteiger partial charge in [-0.2, -0.15) is 0 Å². The first kappa shape index (κ1) is 12.2. The third-order valence-electron chi connectivity index (χ3n) is 3.71. The van der Waals surface area contributed by atoms with Crippen LogP contribution in [0.15, 0.2) is 30.5 Å². The number of hydrogen-bond acceptors (Lipinski definition) is 3. The smallest absolute Gasteiger partial charge is 0.304 e. The second kappa shape index (κ2) is 4.68. The van der Waals surface area contributed by atoms with Crippen molar-refractivity contribution in [1.82, 2.24) is 15.4 Å². The summed E-state index contributed by atoms with van der Waals surface area (Å²) in [6.45, 7) is 0. The van der Waals surface area contributed by atoms with Crippen molar-refractivity contribution in [2.75, 3.05) is 0 Å². The minimum Gasteiger partial charge on any atom is -0.481 e. The molecule has 2 atom stereocenters. The van der Waals surface area contributed by atoms with Crippen LogP contribution in [-0.4, -0.2) is 21.7 Å². The number of para-hydroxylation sites is 1. The minimum atomic E-state index is -0.766. The highest BCUT2D eigenvalue weighted by atomic mass is 16.4. The summed E-state index contributed by atoms with van der Waals surface area (Å²) >= 11 is 0. The first-order valence-corrected chi connectivity index (χ1v) is 6.42.